The number of amides is 7. The van der Waals surface area contributed by atoms with Gasteiger partial charge in [0.1, 0.15) is 88.2 Å². The number of carbonyl (C=O) groups excluding carboxylic acids is 7. The van der Waals surface area contributed by atoms with Gasteiger partial charge in [-0.25, -0.2) is 9.59 Å². The minimum absolute atomic E-state index is 0.0143. The van der Waals surface area contributed by atoms with Gasteiger partial charge in [0.2, 0.25) is 41.2 Å². The number of aliphatic hydroxyl groups is 1. The van der Waals surface area contributed by atoms with Gasteiger partial charge in [-0.3, -0.25) is 33.7 Å². The van der Waals surface area contributed by atoms with E-state index in [1.165, 1.54) is 48.5 Å². The van der Waals surface area contributed by atoms with Crippen molar-refractivity contribution in [2.75, 3.05) is 7.05 Å². The molecule has 0 aliphatic carbocycles. The van der Waals surface area contributed by atoms with Crippen LogP contribution in [0.3, 0.4) is 0 Å². The minimum Gasteiger partial charge on any atom is -0.508 e. The molecular weight excluding hydrogens is 1400 g/mol. The third kappa shape index (κ3) is 15.2. The fourth-order valence-corrected chi connectivity index (χ4v) is 12.8. The number of alkyl carbamates (subject to hydrolysis) is 1. The van der Waals surface area contributed by atoms with Gasteiger partial charge in [0.25, 0.3) is 0 Å². The van der Waals surface area contributed by atoms with Crippen molar-refractivity contribution in [2.45, 2.75) is 94.3 Å². The van der Waals surface area contributed by atoms with Crippen LogP contribution in [0.5, 0.6) is 69.0 Å². The van der Waals surface area contributed by atoms with Gasteiger partial charge < -0.3 is 97.0 Å². The zero-order valence-corrected chi connectivity index (χ0v) is 56.8. The summed E-state index contributed by atoms with van der Waals surface area (Å²) in [6, 6.07) is 13.1. The summed E-state index contributed by atoms with van der Waals surface area (Å²) in [5, 5.41) is 112. The molecule has 0 saturated carbocycles. The summed E-state index contributed by atoms with van der Waals surface area (Å²) in [6.07, 6.45) is -3.72. The number of halogens is 3. The first-order valence-corrected chi connectivity index (χ1v) is 32.7. The third-order valence-corrected chi connectivity index (χ3v) is 18.0. The first kappa shape index (κ1) is 71.1. The number of benzene rings is 8. The summed E-state index contributed by atoms with van der Waals surface area (Å²) in [6.45, 7) is 4.66. The van der Waals surface area contributed by atoms with Crippen LogP contribution in [-0.4, -0.2) is 118 Å². The summed E-state index contributed by atoms with van der Waals surface area (Å²) >= 11 is 20.0. The molecule has 15 N–H and O–H groups in total. The largest absolute Gasteiger partial charge is 0.508 e. The van der Waals surface area contributed by atoms with Crippen molar-refractivity contribution < 1.29 is 98.2 Å². The SMILES string of the molecule is CN(Cc1ccc(Cl)cc1)Cc1c(O)cc2c(c1O)-c1cc(ccc1O)[C@@H]1NC(=O)[C@H]3NC(=O)[C@H]4NC(=O)[C@H](Cc5ccc(c(Cl)c5)Oc5cc3cc(c5O)Oc3ccc(cc3Cl)C(O)[C@H](NC1=O)C(=O)N[C@@H]2C(=O)O)NC(=O)[C@@H](NC(=O)OC(C)(C)C)c1ccc(O)c(c1)Oc1cc(O)cc4c1. The highest BCUT2D eigenvalue weighted by Crippen LogP contribution is 2.50. The molecule has 31 heteroatoms. The van der Waals surface area contributed by atoms with E-state index in [0.717, 1.165) is 66.2 Å². The molecule has 28 nitrogen and oxygen atoms in total. The monoisotopic (exact) mass is 1460 g/mol. The zero-order valence-electron chi connectivity index (χ0n) is 54.5. The first-order valence-electron chi connectivity index (χ1n) is 31.5. The molecule has 6 aliphatic heterocycles. The number of fused-ring (bicyclic) bond motifs is 14. The predicted octanol–water partition coefficient (Wildman–Crippen LogP) is 8.84. The van der Waals surface area contributed by atoms with Crippen molar-refractivity contribution in [3.05, 3.63) is 199 Å². The van der Waals surface area contributed by atoms with Crippen molar-refractivity contribution >= 4 is 82.3 Å². The smallest absolute Gasteiger partial charge is 0.408 e. The lowest BCUT2D eigenvalue weighted by atomic mass is 9.88. The minimum atomic E-state index is -2.26. The number of aliphatic hydroxyl groups excluding tert-OH is 1. The number of ether oxygens (including phenoxy) is 4. The Morgan fingerprint density at radius 1 is 0.553 bits per heavy atom. The van der Waals surface area contributed by atoms with E-state index in [1.807, 2.05) is 0 Å². The Hall–Kier alpha value is -11.7. The number of rotatable bonds is 6. The molecule has 6 heterocycles. The molecule has 8 aromatic rings. The van der Waals surface area contributed by atoms with Crippen LogP contribution in [0.2, 0.25) is 15.1 Å². The molecule has 8 aromatic carbocycles. The fraction of sp³-hybridized carbons (Fsp3) is 0.222. The maximum Gasteiger partial charge on any atom is 0.408 e. The number of carboxylic acids is 1. The molecule has 7 amide bonds. The van der Waals surface area contributed by atoms with E-state index in [4.69, 9.17) is 53.8 Å². The zero-order chi connectivity index (χ0) is 73.8. The van der Waals surface area contributed by atoms with Crippen LogP contribution in [0, 0.1) is 0 Å². The van der Waals surface area contributed by atoms with E-state index in [9.17, 15) is 55.2 Å². The van der Waals surface area contributed by atoms with Crippen LogP contribution < -0.4 is 51.4 Å². The van der Waals surface area contributed by atoms with Crippen LogP contribution in [0.15, 0.2) is 133 Å². The Morgan fingerprint density at radius 3 is 1.80 bits per heavy atom. The number of phenols is 6. The Morgan fingerprint density at radius 2 is 1.15 bits per heavy atom. The molecule has 532 valence electrons. The molecule has 0 radical (unpaired) electrons. The number of nitrogens with zero attached hydrogens (tertiary/aromatic N) is 1. The molecule has 17 bridgehead atoms. The average molecular weight is 1470 g/mol. The molecule has 0 fully saturated rings. The van der Waals surface area contributed by atoms with Crippen molar-refractivity contribution in [1.82, 2.24) is 42.1 Å². The molecule has 103 heavy (non-hydrogen) atoms. The Bertz CT molecular complexity index is 4840. The second kappa shape index (κ2) is 28.4. The van der Waals surface area contributed by atoms with Gasteiger partial charge in [-0.1, -0.05) is 71.2 Å². The van der Waals surface area contributed by atoms with E-state index < -0.39 is 171 Å². The highest BCUT2D eigenvalue weighted by Gasteiger charge is 2.42. The Kier molecular flexibility index (Phi) is 19.6. The van der Waals surface area contributed by atoms with Crippen molar-refractivity contribution in [3.63, 3.8) is 0 Å². The molecule has 0 saturated heterocycles. The summed E-state index contributed by atoms with van der Waals surface area (Å²) < 4.78 is 24.2. The van der Waals surface area contributed by atoms with E-state index in [-0.39, 0.29) is 85.1 Å². The Balaban J connectivity index is 1.05. The number of nitrogens with one attached hydrogen (secondary N) is 7. The highest BCUT2D eigenvalue weighted by molar-refractivity contribution is 6.32. The van der Waals surface area contributed by atoms with Gasteiger partial charge in [-0.2, -0.15) is 0 Å². The molecule has 8 atom stereocenters. The highest BCUT2D eigenvalue weighted by atomic mass is 35.5. The van der Waals surface area contributed by atoms with Crippen molar-refractivity contribution in [3.8, 4) is 80.1 Å². The van der Waals surface area contributed by atoms with E-state index in [2.05, 4.69) is 37.2 Å². The number of aromatic hydroxyl groups is 6. The van der Waals surface area contributed by atoms with Crippen molar-refractivity contribution in [1.29, 1.82) is 0 Å². The molecule has 1 unspecified atom stereocenters. The fourth-order valence-electron chi connectivity index (χ4n) is 12.2. The van der Waals surface area contributed by atoms with Gasteiger partial charge >= 0.3 is 12.1 Å². The van der Waals surface area contributed by atoms with Crippen LogP contribution in [0.1, 0.15) is 107 Å². The van der Waals surface area contributed by atoms with Gasteiger partial charge in [0.05, 0.1) is 15.6 Å². The standard InChI is InChI=1S/C72H63Cl3N8O20/c1-72(2,3)103-71(99)82-56-33-9-14-47(86)51(23-33)100-39-20-35(19-38(84)26-39)57-67(94)79-58-36-24-52(101-49-15-7-31(17-43(49)74)18-45(64(91)77-57)76-65(56)92)63(90)53(25-36)102-50-16-10-34(22-44(50)75)61(88)60-69(96)80-59(70(97)98)41-27-48(87)42(29-83(4)28-30-5-11-37(73)12-6-30)62(89)54(41)40-21-32(8-13-46(40)85)55(66(93)81-60)78-68(58)95/h5-17,19-27,45,55-61,84-90H,18,28-29H2,1-4H3,(H,76,92)(H,77,91)(H,78,95)(H,79,94)(H,80,96)(H,81,93)(H,82,99)(H,97,98)/t45-,55-,56-,57-,58-,59-,60-,61?/m0/s1. The second-order valence-corrected chi connectivity index (χ2v) is 27.0. The predicted molar refractivity (Wildman–Crippen MR) is 367 cm³/mol. The van der Waals surface area contributed by atoms with Crippen LogP contribution >= 0.6 is 34.8 Å². The summed E-state index contributed by atoms with van der Waals surface area (Å²) in [4.78, 5) is 122. The van der Waals surface area contributed by atoms with Gasteiger partial charge in [0.15, 0.2) is 29.0 Å². The van der Waals surface area contributed by atoms with E-state index in [0.29, 0.717) is 5.02 Å². The van der Waals surface area contributed by atoms with Crippen LogP contribution in [0.25, 0.3) is 11.1 Å². The Labute approximate surface area is 599 Å². The normalized spacial score (nSPS) is 20.4. The summed E-state index contributed by atoms with van der Waals surface area (Å²) in [7, 11) is 1.64. The molecule has 14 rings (SSSR count). The average Bonchev–Trinajstić information content (AvgIpc) is 0.760. The summed E-state index contributed by atoms with van der Waals surface area (Å²) in [5.74, 6) is -15.8. The maximum absolute atomic E-state index is 16.1. The summed E-state index contributed by atoms with van der Waals surface area (Å²) in [5.41, 5.74) is -3.01. The lowest BCUT2D eigenvalue weighted by Crippen LogP contribution is -2.55. The van der Waals surface area contributed by atoms with Gasteiger partial charge in [-0.05, 0) is 158 Å². The lowest BCUT2D eigenvalue weighted by Gasteiger charge is -2.31. The topological polar surface area (TPSA) is 423 Å². The quantitative estimate of drug-likeness (QED) is 0.0738. The number of phenolic OH excluding ortho intramolecular Hbond substituents is 6. The molecule has 0 aromatic heterocycles. The van der Waals surface area contributed by atoms with Gasteiger partial charge in [0, 0.05) is 47.3 Å². The number of hydrogen-bond acceptors (Lipinski definition) is 20. The van der Waals surface area contributed by atoms with E-state index in [1.54, 1.807) is 57.0 Å². The van der Waals surface area contributed by atoms with Crippen molar-refractivity contribution in [2.24, 2.45) is 0 Å². The third-order valence-electron chi connectivity index (χ3n) is 17.1. The van der Waals surface area contributed by atoms with Gasteiger partial charge in [-0.15, -0.1) is 0 Å². The lowest BCUT2D eigenvalue weighted by molar-refractivity contribution is -0.143. The number of hydrogen-bond donors (Lipinski definition) is 15. The molecular formula is C72H63Cl3N8O20. The number of aliphatic carboxylic acids is 1. The number of carboxylic acid groups (broad SMARTS) is 1. The second-order valence-electron chi connectivity index (χ2n) is 25.8. The maximum atomic E-state index is 16.1. The van der Waals surface area contributed by atoms with Crippen LogP contribution in [0.4, 0.5) is 4.79 Å². The molecule has 6 aliphatic rings. The molecule has 0 spiro atoms. The first-order chi connectivity index (χ1) is 48.8. The number of carbonyl (C=O) groups is 8. The van der Waals surface area contributed by atoms with Crippen LogP contribution in [-0.2, 0) is 57.8 Å². The van der Waals surface area contributed by atoms with E-state index >= 15 is 24.0 Å².